The lowest BCUT2D eigenvalue weighted by molar-refractivity contribution is 0.0964. The van der Waals surface area contributed by atoms with Gasteiger partial charge in [0.05, 0.1) is 25.1 Å². The number of fused-ring (bicyclic) bond motifs is 3. The fourth-order valence-corrected chi connectivity index (χ4v) is 5.98. The summed E-state index contributed by atoms with van der Waals surface area (Å²) in [6, 6.07) is 8.20. The van der Waals surface area contributed by atoms with Crippen LogP contribution in [0.25, 0.3) is 11.1 Å². The molecule has 3 aromatic heterocycles. The maximum Gasteiger partial charge on any atom is 0.316 e. The average Bonchev–Trinajstić information content (AvgIpc) is 3.35. The van der Waals surface area contributed by atoms with Gasteiger partial charge in [0.25, 0.3) is 11.5 Å². The van der Waals surface area contributed by atoms with E-state index in [4.69, 9.17) is 4.74 Å². The van der Waals surface area contributed by atoms with Gasteiger partial charge >= 0.3 is 6.01 Å². The molecule has 0 fully saturated rings. The lowest BCUT2D eigenvalue weighted by atomic mass is 9.96. The van der Waals surface area contributed by atoms with Gasteiger partial charge in [-0.25, -0.2) is 9.37 Å². The number of methoxy groups -OCH3 is 1. The van der Waals surface area contributed by atoms with E-state index in [1.165, 1.54) is 35.1 Å². The zero-order chi connectivity index (χ0) is 28.0. The van der Waals surface area contributed by atoms with E-state index in [-0.39, 0.29) is 23.9 Å². The van der Waals surface area contributed by atoms with Crippen molar-refractivity contribution in [3.05, 3.63) is 92.7 Å². The molecule has 4 aromatic rings. The quantitative estimate of drug-likeness (QED) is 0.400. The normalized spacial score (nSPS) is 14.7. The molecule has 1 amide bonds. The summed E-state index contributed by atoms with van der Waals surface area (Å²) in [6.45, 7) is 0.573. The first kappa shape index (κ1) is 25.9. The minimum absolute atomic E-state index is 0.195. The van der Waals surface area contributed by atoms with Crippen molar-refractivity contribution in [1.29, 1.82) is 0 Å². The number of pyridine rings is 1. The van der Waals surface area contributed by atoms with E-state index in [2.05, 4.69) is 14.5 Å². The number of aryl methyl sites for hydroxylation is 2. The third-order valence-corrected chi connectivity index (χ3v) is 7.87. The largest absolute Gasteiger partial charge is 0.467 e. The summed E-state index contributed by atoms with van der Waals surface area (Å²) in [5.41, 5.74) is 5.59. The predicted octanol–water partition coefficient (Wildman–Crippen LogP) is 3.41. The van der Waals surface area contributed by atoms with Gasteiger partial charge in [-0.3, -0.25) is 9.59 Å². The molecule has 0 saturated carbocycles. The number of carbonyl (C=O) groups is 1. The second-order valence-electron chi connectivity index (χ2n) is 10.3. The standard InChI is InChI=1S/C30H30FN5O4/c1-34-16-20(11-19(28(34)38)12-22-7-8-32-30(33-22)40-2)23-14-21(31)15-26(24(23)17-37)36-10-9-35-25-6-4-3-5-18(25)13-27(35)29(36)39/h7-8,11,13-16,37H,3-6,9-10,12,17H2,1-2H3. The summed E-state index contributed by atoms with van der Waals surface area (Å²) in [5, 5.41) is 10.5. The number of halogens is 1. The first-order valence-corrected chi connectivity index (χ1v) is 13.4. The summed E-state index contributed by atoms with van der Waals surface area (Å²) < 4.78 is 23.8. The number of hydrogen-bond acceptors (Lipinski definition) is 6. The predicted molar refractivity (Wildman–Crippen MR) is 147 cm³/mol. The Morgan fingerprint density at radius 3 is 2.73 bits per heavy atom. The van der Waals surface area contributed by atoms with Crippen LogP contribution in [-0.4, -0.2) is 43.8 Å². The first-order valence-electron chi connectivity index (χ1n) is 13.4. The smallest absolute Gasteiger partial charge is 0.316 e. The third kappa shape index (κ3) is 4.48. The maximum absolute atomic E-state index is 15.2. The van der Waals surface area contributed by atoms with Crippen molar-refractivity contribution >= 4 is 11.6 Å². The van der Waals surface area contributed by atoms with Crippen LogP contribution in [0.1, 0.15) is 51.4 Å². The van der Waals surface area contributed by atoms with E-state index >= 15 is 4.39 Å². The van der Waals surface area contributed by atoms with Crippen LogP contribution >= 0.6 is 0 Å². The van der Waals surface area contributed by atoms with Gasteiger partial charge in [-0.2, -0.15) is 4.98 Å². The van der Waals surface area contributed by atoms with E-state index in [1.807, 2.05) is 6.07 Å². The number of benzene rings is 1. The van der Waals surface area contributed by atoms with Crippen molar-refractivity contribution < 1.29 is 19.0 Å². The molecule has 4 heterocycles. The molecular formula is C30H30FN5O4. The lowest BCUT2D eigenvalue weighted by Crippen LogP contribution is -2.41. The summed E-state index contributed by atoms with van der Waals surface area (Å²) >= 11 is 0. The van der Waals surface area contributed by atoms with Crippen LogP contribution in [0.3, 0.4) is 0 Å². The highest BCUT2D eigenvalue weighted by Crippen LogP contribution is 2.36. The number of aliphatic hydroxyl groups is 1. The number of hydrogen-bond donors (Lipinski definition) is 1. The number of rotatable bonds is 6. The van der Waals surface area contributed by atoms with Crippen molar-refractivity contribution in [2.45, 2.75) is 45.3 Å². The van der Waals surface area contributed by atoms with Crippen molar-refractivity contribution in [2.75, 3.05) is 18.6 Å². The van der Waals surface area contributed by atoms with Gasteiger partial charge in [-0.15, -0.1) is 0 Å². The molecule has 1 aromatic carbocycles. The fraction of sp³-hybridized carbons (Fsp3) is 0.333. The van der Waals surface area contributed by atoms with E-state index < -0.39 is 12.4 Å². The van der Waals surface area contributed by atoms with Crippen molar-refractivity contribution in [3.8, 4) is 17.1 Å². The zero-order valence-electron chi connectivity index (χ0n) is 22.5. The lowest BCUT2D eigenvalue weighted by Gasteiger charge is -2.31. The summed E-state index contributed by atoms with van der Waals surface area (Å²) in [4.78, 5) is 36.6. The van der Waals surface area contributed by atoms with Crippen LogP contribution < -0.4 is 15.2 Å². The number of aliphatic hydroxyl groups excluding tert-OH is 1. The van der Waals surface area contributed by atoms with E-state index in [9.17, 15) is 14.7 Å². The van der Waals surface area contributed by atoms with Crippen LogP contribution in [0.4, 0.5) is 10.1 Å². The Bertz CT molecular complexity index is 1690. The van der Waals surface area contributed by atoms with Gasteiger partial charge in [0.2, 0.25) is 0 Å². The molecule has 0 saturated heterocycles. The Kier molecular flexibility index (Phi) is 6.71. The molecule has 10 heteroatoms. The van der Waals surface area contributed by atoms with E-state index in [1.54, 1.807) is 36.5 Å². The molecule has 1 aliphatic heterocycles. The van der Waals surface area contributed by atoms with E-state index in [0.29, 0.717) is 52.4 Å². The van der Waals surface area contributed by atoms with Crippen LogP contribution in [0.5, 0.6) is 6.01 Å². The molecule has 0 spiro atoms. The van der Waals surface area contributed by atoms with Crippen molar-refractivity contribution in [1.82, 2.24) is 19.1 Å². The third-order valence-electron chi connectivity index (χ3n) is 7.87. The average molecular weight is 544 g/mol. The fourth-order valence-electron chi connectivity index (χ4n) is 5.98. The molecule has 9 nitrogen and oxygen atoms in total. The number of ether oxygens (including phenoxy) is 1. The maximum atomic E-state index is 15.2. The van der Waals surface area contributed by atoms with Gasteiger partial charge in [-0.05, 0) is 72.7 Å². The molecule has 1 aliphatic carbocycles. The second kappa shape index (κ2) is 10.3. The monoisotopic (exact) mass is 543 g/mol. The Hall–Kier alpha value is -4.31. The Morgan fingerprint density at radius 2 is 1.93 bits per heavy atom. The highest BCUT2D eigenvalue weighted by molar-refractivity contribution is 6.07. The molecule has 0 unspecified atom stereocenters. The molecule has 6 rings (SSSR count). The summed E-state index contributed by atoms with van der Waals surface area (Å²) in [7, 11) is 3.09. The molecule has 1 N–H and O–H groups in total. The highest BCUT2D eigenvalue weighted by Gasteiger charge is 2.32. The van der Waals surface area contributed by atoms with Gasteiger partial charge in [0, 0.05) is 55.8 Å². The molecule has 0 radical (unpaired) electrons. The van der Waals surface area contributed by atoms with Crippen LogP contribution in [0.15, 0.2) is 47.5 Å². The highest BCUT2D eigenvalue weighted by atomic mass is 19.1. The van der Waals surface area contributed by atoms with E-state index in [0.717, 1.165) is 25.7 Å². The summed E-state index contributed by atoms with van der Waals surface area (Å²) in [6.07, 6.45) is 7.53. The first-order chi connectivity index (χ1) is 19.4. The van der Waals surface area contributed by atoms with Crippen LogP contribution in [0.2, 0.25) is 0 Å². The van der Waals surface area contributed by atoms with Gasteiger partial charge in [-0.1, -0.05) is 0 Å². The molecule has 2 aliphatic rings. The molecule has 206 valence electrons. The molecule has 0 atom stereocenters. The Balaban J connectivity index is 1.41. The van der Waals surface area contributed by atoms with Gasteiger partial charge < -0.3 is 23.9 Å². The molecule has 0 bridgehead atoms. The van der Waals surface area contributed by atoms with Crippen molar-refractivity contribution in [3.63, 3.8) is 0 Å². The number of nitrogens with zero attached hydrogens (tertiary/aromatic N) is 5. The number of anilines is 1. The van der Waals surface area contributed by atoms with Crippen LogP contribution in [-0.2, 0) is 39.5 Å². The van der Waals surface area contributed by atoms with Crippen LogP contribution in [0, 0.1) is 5.82 Å². The minimum atomic E-state index is -0.536. The topological polar surface area (TPSA) is 102 Å². The SMILES string of the molecule is COc1nccc(Cc2cc(-c3cc(F)cc(N4CCn5c(cc6c5CCCC6)C4=O)c3CO)cn(C)c2=O)n1. The van der Waals surface area contributed by atoms with Gasteiger partial charge in [0.1, 0.15) is 11.5 Å². The van der Waals surface area contributed by atoms with Gasteiger partial charge in [0.15, 0.2) is 0 Å². The second-order valence-corrected chi connectivity index (χ2v) is 10.3. The minimum Gasteiger partial charge on any atom is -0.467 e. The Morgan fingerprint density at radius 1 is 1.10 bits per heavy atom. The number of aromatic nitrogens is 4. The number of carbonyl (C=O) groups excluding carboxylic acids is 1. The number of amides is 1. The zero-order valence-corrected chi connectivity index (χ0v) is 22.5. The molecule has 40 heavy (non-hydrogen) atoms. The van der Waals surface area contributed by atoms with Crippen molar-refractivity contribution in [2.24, 2.45) is 7.05 Å². The summed E-state index contributed by atoms with van der Waals surface area (Å²) in [5.74, 6) is -0.739. The molecular weight excluding hydrogens is 513 g/mol. The Labute approximate surface area is 230 Å².